The van der Waals surface area contributed by atoms with Crippen molar-refractivity contribution in [1.82, 2.24) is 5.43 Å². The summed E-state index contributed by atoms with van der Waals surface area (Å²) in [6.45, 7) is 5.99. The van der Waals surface area contributed by atoms with Crippen LogP contribution < -0.4 is 10.2 Å². The van der Waals surface area contributed by atoms with Gasteiger partial charge in [0, 0.05) is 5.56 Å². The van der Waals surface area contributed by atoms with Crippen molar-refractivity contribution < 1.29 is 9.53 Å². The molecule has 2 aromatic carbocycles. The lowest BCUT2D eigenvalue weighted by atomic mass is 10.0. The van der Waals surface area contributed by atoms with Crippen LogP contribution in [0.5, 0.6) is 5.75 Å². The van der Waals surface area contributed by atoms with E-state index in [9.17, 15) is 4.79 Å². The van der Waals surface area contributed by atoms with Crippen LogP contribution in [-0.4, -0.2) is 18.7 Å². The average molecular weight is 296 g/mol. The van der Waals surface area contributed by atoms with Gasteiger partial charge < -0.3 is 4.74 Å². The van der Waals surface area contributed by atoms with E-state index >= 15 is 0 Å². The van der Waals surface area contributed by atoms with E-state index in [1.54, 1.807) is 31.4 Å². The highest BCUT2D eigenvalue weighted by Crippen LogP contribution is 2.13. The van der Waals surface area contributed by atoms with Crippen molar-refractivity contribution in [3.8, 4) is 5.75 Å². The topological polar surface area (TPSA) is 50.7 Å². The predicted molar refractivity (Wildman–Crippen MR) is 88.6 cm³/mol. The Morgan fingerprint density at radius 3 is 2.50 bits per heavy atom. The molecule has 4 heteroatoms. The van der Waals surface area contributed by atoms with E-state index in [0.717, 1.165) is 11.3 Å². The van der Waals surface area contributed by atoms with E-state index in [0.29, 0.717) is 11.3 Å². The highest BCUT2D eigenvalue weighted by Gasteiger charge is 2.06. The van der Waals surface area contributed by atoms with Crippen molar-refractivity contribution in [2.45, 2.75) is 20.8 Å². The first-order chi connectivity index (χ1) is 10.5. The van der Waals surface area contributed by atoms with Crippen molar-refractivity contribution in [2.75, 3.05) is 7.11 Å². The molecule has 0 aromatic heterocycles. The van der Waals surface area contributed by atoms with Gasteiger partial charge in [-0.2, -0.15) is 5.10 Å². The summed E-state index contributed by atoms with van der Waals surface area (Å²) in [5.41, 5.74) is 7.28. The molecule has 1 amide bonds. The van der Waals surface area contributed by atoms with Gasteiger partial charge in [0.2, 0.25) is 0 Å². The fourth-order valence-electron chi connectivity index (χ4n) is 1.99. The van der Waals surface area contributed by atoms with Crippen LogP contribution in [0.15, 0.2) is 47.6 Å². The Labute approximate surface area is 130 Å². The van der Waals surface area contributed by atoms with Crippen molar-refractivity contribution in [1.29, 1.82) is 0 Å². The largest absolute Gasteiger partial charge is 0.497 e. The lowest BCUT2D eigenvalue weighted by molar-refractivity contribution is 0.0954. The van der Waals surface area contributed by atoms with Gasteiger partial charge in [0.25, 0.3) is 5.91 Å². The molecule has 22 heavy (non-hydrogen) atoms. The van der Waals surface area contributed by atoms with Gasteiger partial charge in [-0.1, -0.05) is 18.2 Å². The number of rotatable bonds is 4. The second kappa shape index (κ2) is 6.89. The molecule has 0 heterocycles. The average Bonchev–Trinajstić information content (AvgIpc) is 2.54. The Bertz CT molecular complexity index is 721. The van der Waals surface area contributed by atoms with Gasteiger partial charge in [-0.3, -0.25) is 4.79 Å². The van der Waals surface area contributed by atoms with E-state index in [1.807, 2.05) is 19.1 Å². The molecule has 114 valence electrons. The third-order valence-corrected chi connectivity index (χ3v) is 3.58. The lowest BCUT2D eigenvalue weighted by Crippen LogP contribution is -2.19. The Kier molecular flexibility index (Phi) is 4.94. The van der Waals surface area contributed by atoms with Crippen LogP contribution in [-0.2, 0) is 0 Å². The molecule has 0 bridgehead atoms. The predicted octanol–water partition coefficient (Wildman–Crippen LogP) is 3.47. The molecule has 0 unspecified atom stereocenters. The maximum absolute atomic E-state index is 12.1. The van der Waals surface area contributed by atoms with Crippen LogP contribution in [0.4, 0.5) is 0 Å². The molecule has 0 spiro atoms. The SMILES string of the molecule is COc1cccc(C(=O)N/N=C(\C)c2ccc(C)c(C)c2)c1. The first-order valence-corrected chi connectivity index (χ1v) is 7.07. The number of hydrogen-bond donors (Lipinski definition) is 1. The minimum Gasteiger partial charge on any atom is -0.497 e. The molecule has 0 saturated heterocycles. The number of amides is 1. The van der Waals surface area contributed by atoms with E-state index in [2.05, 4.69) is 30.4 Å². The third-order valence-electron chi connectivity index (χ3n) is 3.58. The first-order valence-electron chi connectivity index (χ1n) is 7.07. The van der Waals surface area contributed by atoms with Crippen LogP contribution in [0.3, 0.4) is 0 Å². The van der Waals surface area contributed by atoms with Crippen molar-refractivity contribution in [2.24, 2.45) is 5.10 Å². The minimum atomic E-state index is -0.262. The number of benzene rings is 2. The van der Waals surface area contributed by atoms with Gasteiger partial charge in [-0.15, -0.1) is 0 Å². The summed E-state index contributed by atoms with van der Waals surface area (Å²) in [7, 11) is 1.57. The summed E-state index contributed by atoms with van der Waals surface area (Å²) in [5.74, 6) is 0.379. The number of nitrogens with zero attached hydrogens (tertiary/aromatic N) is 1. The van der Waals surface area contributed by atoms with Crippen molar-refractivity contribution >= 4 is 11.6 Å². The zero-order chi connectivity index (χ0) is 16.1. The number of carbonyl (C=O) groups excluding carboxylic acids is 1. The fourth-order valence-corrected chi connectivity index (χ4v) is 1.99. The van der Waals surface area contributed by atoms with Crippen LogP contribution in [0, 0.1) is 13.8 Å². The van der Waals surface area contributed by atoms with Crippen molar-refractivity contribution in [3.05, 3.63) is 64.7 Å². The summed E-state index contributed by atoms with van der Waals surface area (Å²) in [5, 5.41) is 4.17. The molecule has 0 radical (unpaired) electrons. The van der Waals surface area contributed by atoms with Gasteiger partial charge in [0.1, 0.15) is 5.75 Å². The van der Waals surface area contributed by atoms with Crippen molar-refractivity contribution in [3.63, 3.8) is 0 Å². The Morgan fingerprint density at radius 2 is 1.82 bits per heavy atom. The second-order valence-electron chi connectivity index (χ2n) is 5.17. The number of carbonyl (C=O) groups is 1. The highest BCUT2D eigenvalue weighted by atomic mass is 16.5. The molecule has 0 aliphatic rings. The summed E-state index contributed by atoms with van der Waals surface area (Å²) >= 11 is 0. The van der Waals surface area contributed by atoms with E-state index < -0.39 is 0 Å². The van der Waals surface area contributed by atoms with E-state index in [-0.39, 0.29) is 5.91 Å². The van der Waals surface area contributed by atoms with E-state index in [1.165, 1.54) is 11.1 Å². The minimum absolute atomic E-state index is 0.262. The van der Waals surface area contributed by atoms with Gasteiger partial charge >= 0.3 is 0 Å². The third kappa shape index (κ3) is 3.73. The zero-order valence-corrected chi connectivity index (χ0v) is 13.3. The summed E-state index contributed by atoms with van der Waals surface area (Å²) in [6.07, 6.45) is 0. The monoisotopic (exact) mass is 296 g/mol. The molecule has 0 fully saturated rings. The highest BCUT2D eigenvalue weighted by molar-refractivity contribution is 6.01. The molecule has 0 saturated carbocycles. The Balaban J connectivity index is 2.12. The number of hydrazone groups is 1. The maximum atomic E-state index is 12.1. The Hall–Kier alpha value is -2.62. The maximum Gasteiger partial charge on any atom is 0.271 e. The number of methoxy groups -OCH3 is 1. The molecule has 0 atom stereocenters. The van der Waals surface area contributed by atoms with Gasteiger partial charge in [0.05, 0.1) is 12.8 Å². The smallest absolute Gasteiger partial charge is 0.271 e. The molecule has 0 aliphatic heterocycles. The Morgan fingerprint density at radius 1 is 1.05 bits per heavy atom. The molecule has 2 rings (SSSR count). The van der Waals surface area contributed by atoms with Gasteiger partial charge in [0.15, 0.2) is 0 Å². The molecule has 1 N–H and O–H groups in total. The zero-order valence-electron chi connectivity index (χ0n) is 13.3. The summed E-state index contributed by atoms with van der Waals surface area (Å²) < 4.78 is 5.11. The molecular formula is C18H20N2O2. The normalized spacial score (nSPS) is 11.2. The summed E-state index contributed by atoms with van der Waals surface area (Å²) in [6, 6.07) is 13.1. The van der Waals surface area contributed by atoms with Crippen LogP contribution in [0.25, 0.3) is 0 Å². The lowest BCUT2D eigenvalue weighted by Gasteiger charge is -2.06. The quantitative estimate of drug-likeness (QED) is 0.694. The molecule has 0 aliphatic carbocycles. The van der Waals surface area contributed by atoms with Gasteiger partial charge in [-0.05, 0) is 61.7 Å². The standard InChI is InChI=1S/C18H20N2O2/c1-12-8-9-15(10-13(12)2)14(3)19-20-18(21)16-6-5-7-17(11-16)22-4/h5-11H,1-4H3,(H,20,21)/b19-14+. The van der Waals surface area contributed by atoms with E-state index in [4.69, 9.17) is 4.74 Å². The number of hydrogen-bond acceptors (Lipinski definition) is 3. The molecular weight excluding hydrogens is 276 g/mol. The van der Waals surface area contributed by atoms with Crippen LogP contribution in [0.1, 0.15) is 34.0 Å². The molecule has 2 aromatic rings. The summed E-state index contributed by atoms with van der Waals surface area (Å²) in [4.78, 5) is 12.1. The van der Waals surface area contributed by atoms with Crippen LogP contribution >= 0.6 is 0 Å². The second-order valence-corrected chi connectivity index (χ2v) is 5.17. The number of aryl methyl sites for hydroxylation is 2. The first kappa shape index (κ1) is 15.8. The number of nitrogens with one attached hydrogen (secondary N) is 1. The molecule has 4 nitrogen and oxygen atoms in total. The number of ether oxygens (including phenoxy) is 1. The fraction of sp³-hybridized carbons (Fsp3) is 0.222. The van der Waals surface area contributed by atoms with Crippen LogP contribution in [0.2, 0.25) is 0 Å². The van der Waals surface area contributed by atoms with Gasteiger partial charge in [-0.25, -0.2) is 5.43 Å².